The van der Waals surface area contributed by atoms with Crippen LogP contribution in [0.15, 0.2) is 10.3 Å². The standard InChI is InChI=1S/C6H7NO2S2/c1-9-6(8)5-4(7)3(10)2-11-5/h2,10H,7H2,1H3. The molecule has 0 aliphatic rings. The van der Waals surface area contributed by atoms with Crippen molar-refractivity contribution in [1.29, 1.82) is 0 Å². The zero-order chi connectivity index (χ0) is 8.43. The summed E-state index contributed by atoms with van der Waals surface area (Å²) in [5, 5.41) is 1.70. The van der Waals surface area contributed by atoms with Crippen LogP contribution in [0.25, 0.3) is 0 Å². The molecule has 11 heavy (non-hydrogen) atoms. The quantitative estimate of drug-likeness (QED) is 0.518. The van der Waals surface area contributed by atoms with Crippen molar-refractivity contribution in [2.75, 3.05) is 12.8 Å². The smallest absolute Gasteiger partial charge is 0.350 e. The molecule has 0 saturated carbocycles. The molecular formula is C6H7NO2S2. The molecule has 1 aromatic heterocycles. The number of anilines is 1. The minimum absolute atomic E-state index is 0.394. The van der Waals surface area contributed by atoms with Crippen molar-refractivity contribution in [1.82, 2.24) is 0 Å². The fraction of sp³-hybridized carbons (Fsp3) is 0.167. The predicted octanol–water partition coefficient (Wildman–Crippen LogP) is 1.41. The third kappa shape index (κ3) is 1.49. The van der Waals surface area contributed by atoms with Gasteiger partial charge in [-0.2, -0.15) is 0 Å². The first kappa shape index (κ1) is 8.42. The topological polar surface area (TPSA) is 52.3 Å². The second-order valence-electron chi connectivity index (χ2n) is 1.86. The highest BCUT2D eigenvalue weighted by Crippen LogP contribution is 2.28. The summed E-state index contributed by atoms with van der Waals surface area (Å²) in [4.78, 5) is 12.0. The van der Waals surface area contributed by atoms with E-state index in [0.29, 0.717) is 15.5 Å². The molecule has 0 fully saturated rings. The summed E-state index contributed by atoms with van der Waals surface area (Å²) >= 11 is 5.26. The van der Waals surface area contributed by atoms with Crippen LogP contribution >= 0.6 is 24.0 Å². The average Bonchev–Trinajstić information content (AvgIpc) is 2.32. The van der Waals surface area contributed by atoms with Crippen LogP contribution in [0.5, 0.6) is 0 Å². The molecule has 3 nitrogen and oxygen atoms in total. The number of esters is 1. The summed E-state index contributed by atoms with van der Waals surface area (Å²) in [7, 11) is 1.32. The van der Waals surface area contributed by atoms with Crippen LogP contribution < -0.4 is 5.73 Å². The van der Waals surface area contributed by atoms with Gasteiger partial charge in [0.1, 0.15) is 4.88 Å². The molecule has 60 valence electrons. The minimum atomic E-state index is -0.409. The Bertz CT molecular complexity index is 282. The Morgan fingerprint density at radius 3 is 2.82 bits per heavy atom. The lowest BCUT2D eigenvalue weighted by molar-refractivity contribution is 0.0607. The van der Waals surface area contributed by atoms with E-state index in [2.05, 4.69) is 17.4 Å². The Hall–Kier alpha value is -0.680. The summed E-state index contributed by atoms with van der Waals surface area (Å²) in [6.07, 6.45) is 0. The first-order valence-electron chi connectivity index (χ1n) is 2.81. The monoisotopic (exact) mass is 189 g/mol. The maximum Gasteiger partial charge on any atom is 0.350 e. The van der Waals surface area contributed by atoms with Crippen molar-refractivity contribution in [3.05, 3.63) is 10.3 Å². The van der Waals surface area contributed by atoms with Gasteiger partial charge in [0.15, 0.2) is 0 Å². The Labute approximate surface area is 73.6 Å². The second kappa shape index (κ2) is 3.15. The lowest BCUT2D eigenvalue weighted by Gasteiger charge is -1.95. The number of thiophene rings is 1. The van der Waals surface area contributed by atoms with E-state index in [0.717, 1.165) is 0 Å². The van der Waals surface area contributed by atoms with Crippen molar-refractivity contribution in [3.63, 3.8) is 0 Å². The highest BCUT2D eigenvalue weighted by atomic mass is 32.1. The lowest BCUT2D eigenvalue weighted by Crippen LogP contribution is -2.01. The van der Waals surface area contributed by atoms with Gasteiger partial charge in [-0.25, -0.2) is 4.79 Å². The van der Waals surface area contributed by atoms with Gasteiger partial charge in [0.2, 0.25) is 0 Å². The third-order valence-electron chi connectivity index (χ3n) is 1.18. The molecule has 1 aromatic rings. The zero-order valence-electron chi connectivity index (χ0n) is 5.83. The van der Waals surface area contributed by atoms with Gasteiger partial charge in [0.25, 0.3) is 0 Å². The molecule has 1 heterocycles. The predicted molar refractivity (Wildman–Crippen MR) is 47.3 cm³/mol. The maximum atomic E-state index is 10.9. The number of nitrogen functional groups attached to an aromatic ring is 1. The molecule has 0 spiro atoms. The molecule has 0 amide bonds. The molecule has 0 aliphatic carbocycles. The van der Waals surface area contributed by atoms with Crippen LogP contribution in [-0.2, 0) is 4.74 Å². The largest absolute Gasteiger partial charge is 0.465 e. The van der Waals surface area contributed by atoms with E-state index >= 15 is 0 Å². The van der Waals surface area contributed by atoms with Gasteiger partial charge in [-0.05, 0) is 0 Å². The summed E-state index contributed by atoms with van der Waals surface area (Å²) < 4.78 is 4.49. The van der Waals surface area contributed by atoms with Crippen molar-refractivity contribution < 1.29 is 9.53 Å². The summed E-state index contributed by atoms with van der Waals surface area (Å²) in [6.45, 7) is 0. The molecule has 0 aliphatic heterocycles. The van der Waals surface area contributed by atoms with Gasteiger partial charge in [0.05, 0.1) is 12.8 Å². The number of ether oxygens (including phenoxy) is 1. The van der Waals surface area contributed by atoms with Gasteiger partial charge < -0.3 is 10.5 Å². The van der Waals surface area contributed by atoms with E-state index in [1.54, 1.807) is 5.38 Å². The third-order valence-corrected chi connectivity index (χ3v) is 2.70. The molecule has 2 N–H and O–H groups in total. The number of hydrogen-bond donors (Lipinski definition) is 2. The average molecular weight is 189 g/mol. The van der Waals surface area contributed by atoms with Crippen molar-refractivity contribution in [2.24, 2.45) is 0 Å². The van der Waals surface area contributed by atoms with E-state index in [9.17, 15) is 4.79 Å². The van der Waals surface area contributed by atoms with Crippen molar-refractivity contribution in [3.8, 4) is 0 Å². The number of rotatable bonds is 1. The van der Waals surface area contributed by atoms with Gasteiger partial charge in [-0.3, -0.25) is 0 Å². The SMILES string of the molecule is COC(=O)c1scc(S)c1N. The molecule has 0 radical (unpaired) electrons. The van der Waals surface area contributed by atoms with E-state index in [1.165, 1.54) is 18.4 Å². The van der Waals surface area contributed by atoms with E-state index in [4.69, 9.17) is 5.73 Å². The Kier molecular flexibility index (Phi) is 2.41. The fourth-order valence-electron chi connectivity index (χ4n) is 0.609. The highest BCUT2D eigenvalue weighted by Gasteiger charge is 2.13. The van der Waals surface area contributed by atoms with Gasteiger partial charge in [-0.15, -0.1) is 24.0 Å². The number of methoxy groups -OCH3 is 1. The van der Waals surface area contributed by atoms with Crippen molar-refractivity contribution >= 4 is 35.6 Å². The van der Waals surface area contributed by atoms with E-state index < -0.39 is 5.97 Å². The molecular weight excluding hydrogens is 182 g/mol. The van der Waals surface area contributed by atoms with Crippen LogP contribution in [0, 0.1) is 0 Å². The first-order chi connectivity index (χ1) is 5.16. The van der Waals surface area contributed by atoms with Gasteiger partial charge in [-0.1, -0.05) is 0 Å². The lowest BCUT2D eigenvalue weighted by atomic mass is 10.4. The number of thiol groups is 1. The van der Waals surface area contributed by atoms with Crippen LogP contribution in [0.3, 0.4) is 0 Å². The number of carbonyl (C=O) groups excluding carboxylic acids is 1. The van der Waals surface area contributed by atoms with Crippen molar-refractivity contribution in [2.45, 2.75) is 4.90 Å². The van der Waals surface area contributed by atoms with Crippen LogP contribution in [0.4, 0.5) is 5.69 Å². The number of nitrogens with two attached hydrogens (primary N) is 1. The molecule has 5 heteroatoms. The second-order valence-corrected chi connectivity index (χ2v) is 3.22. The van der Waals surface area contributed by atoms with Crippen LogP contribution in [0.1, 0.15) is 9.67 Å². The highest BCUT2D eigenvalue weighted by molar-refractivity contribution is 7.80. The normalized spacial score (nSPS) is 9.64. The summed E-state index contributed by atoms with van der Waals surface area (Å²) in [5.74, 6) is -0.409. The van der Waals surface area contributed by atoms with Crippen LogP contribution in [0.2, 0.25) is 0 Å². The molecule has 0 bridgehead atoms. The first-order valence-corrected chi connectivity index (χ1v) is 4.13. The minimum Gasteiger partial charge on any atom is -0.465 e. The van der Waals surface area contributed by atoms with E-state index in [-0.39, 0.29) is 0 Å². The zero-order valence-corrected chi connectivity index (χ0v) is 7.54. The maximum absolute atomic E-state index is 10.9. The summed E-state index contributed by atoms with van der Waals surface area (Å²) in [6, 6.07) is 0. The Morgan fingerprint density at radius 1 is 1.82 bits per heavy atom. The number of hydrogen-bond acceptors (Lipinski definition) is 5. The number of carbonyl (C=O) groups is 1. The molecule has 1 rings (SSSR count). The van der Waals surface area contributed by atoms with Gasteiger partial charge >= 0.3 is 5.97 Å². The Balaban J connectivity index is 3.04. The molecule has 0 atom stereocenters. The van der Waals surface area contributed by atoms with Gasteiger partial charge in [0, 0.05) is 10.3 Å². The van der Waals surface area contributed by atoms with E-state index in [1.807, 2.05) is 0 Å². The fourth-order valence-corrected chi connectivity index (χ4v) is 1.73. The van der Waals surface area contributed by atoms with Crippen LogP contribution in [-0.4, -0.2) is 13.1 Å². The molecule has 0 unspecified atom stereocenters. The molecule has 0 saturated heterocycles. The summed E-state index contributed by atoms with van der Waals surface area (Å²) in [5.41, 5.74) is 5.91. The Morgan fingerprint density at radius 2 is 2.45 bits per heavy atom. The molecule has 0 aromatic carbocycles.